The maximum atomic E-state index is 11.6. The number of methoxy groups -OCH3 is 2. The van der Waals surface area contributed by atoms with E-state index in [1.54, 1.807) is 25.4 Å². The van der Waals surface area contributed by atoms with Crippen molar-refractivity contribution in [3.8, 4) is 5.88 Å². The summed E-state index contributed by atoms with van der Waals surface area (Å²) < 4.78 is 9.77. The maximum Gasteiger partial charge on any atom is 0.328 e. The number of anilines is 1. The van der Waals surface area contributed by atoms with Crippen molar-refractivity contribution in [1.29, 1.82) is 0 Å². The standard InChI is InChI=1S/C12H18N2O3/c1-8(2)11(12(15)17-4)14-9-5-6-13-10(7-9)16-3/h5-8,11H,1-4H3,(H,13,14). The summed E-state index contributed by atoms with van der Waals surface area (Å²) in [7, 11) is 2.93. The van der Waals surface area contributed by atoms with Crippen molar-refractivity contribution in [1.82, 2.24) is 4.98 Å². The van der Waals surface area contributed by atoms with Gasteiger partial charge in [0.05, 0.1) is 14.2 Å². The van der Waals surface area contributed by atoms with E-state index >= 15 is 0 Å². The molecule has 0 fully saturated rings. The quantitative estimate of drug-likeness (QED) is 0.791. The van der Waals surface area contributed by atoms with Crippen LogP contribution in [0.15, 0.2) is 18.3 Å². The first-order valence-corrected chi connectivity index (χ1v) is 5.43. The van der Waals surface area contributed by atoms with E-state index in [2.05, 4.69) is 10.3 Å². The van der Waals surface area contributed by atoms with Gasteiger partial charge in [0, 0.05) is 18.0 Å². The van der Waals surface area contributed by atoms with Crippen LogP contribution in [0, 0.1) is 5.92 Å². The smallest absolute Gasteiger partial charge is 0.328 e. The highest BCUT2D eigenvalue weighted by atomic mass is 16.5. The van der Waals surface area contributed by atoms with Gasteiger partial charge in [-0.15, -0.1) is 0 Å². The lowest BCUT2D eigenvalue weighted by atomic mass is 10.0. The van der Waals surface area contributed by atoms with E-state index in [9.17, 15) is 4.79 Å². The summed E-state index contributed by atoms with van der Waals surface area (Å²) in [6, 6.07) is 3.13. The number of pyridine rings is 1. The topological polar surface area (TPSA) is 60.5 Å². The monoisotopic (exact) mass is 238 g/mol. The molecule has 1 aromatic heterocycles. The van der Waals surface area contributed by atoms with Gasteiger partial charge in [0.2, 0.25) is 5.88 Å². The lowest BCUT2D eigenvalue weighted by molar-refractivity contribution is -0.142. The van der Waals surface area contributed by atoms with Crippen LogP contribution in [0.2, 0.25) is 0 Å². The van der Waals surface area contributed by atoms with E-state index in [0.29, 0.717) is 5.88 Å². The SMILES string of the molecule is COC(=O)C(Nc1ccnc(OC)c1)C(C)C. The van der Waals surface area contributed by atoms with Gasteiger partial charge >= 0.3 is 5.97 Å². The molecule has 0 aromatic carbocycles. The van der Waals surface area contributed by atoms with E-state index in [4.69, 9.17) is 9.47 Å². The van der Waals surface area contributed by atoms with Crippen LogP contribution in [0.4, 0.5) is 5.69 Å². The lowest BCUT2D eigenvalue weighted by Crippen LogP contribution is -2.35. The molecule has 0 aliphatic heterocycles. The number of hydrogen-bond acceptors (Lipinski definition) is 5. The van der Waals surface area contributed by atoms with Crippen molar-refractivity contribution in [3.63, 3.8) is 0 Å². The molecule has 0 aliphatic carbocycles. The molecule has 0 saturated carbocycles. The molecule has 0 bridgehead atoms. The Morgan fingerprint density at radius 2 is 2.12 bits per heavy atom. The minimum Gasteiger partial charge on any atom is -0.481 e. The molecule has 1 aromatic rings. The van der Waals surface area contributed by atoms with Gasteiger partial charge in [0.25, 0.3) is 0 Å². The van der Waals surface area contributed by atoms with Gasteiger partial charge in [0.1, 0.15) is 6.04 Å². The van der Waals surface area contributed by atoms with Gasteiger partial charge < -0.3 is 14.8 Å². The Hall–Kier alpha value is -1.78. The molecular formula is C12H18N2O3. The van der Waals surface area contributed by atoms with Crippen molar-refractivity contribution in [2.24, 2.45) is 5.92 Å². The highest BCUT2D eigenvalue weighted by Crippen LogP contribution is 2.17. The normalized spacial score (nSPS) is 12.1. The molecule has 1 atom stereocenters. The van der Waals surface area contributed by atoms with Gasteiger partial charge in [-0.1, -0.05) is 13.8 Å². The zero-order chi connectivity index (χ0) is 12.8. The minimum atomic E-state index is -0.382. The third-order valence-electron chi connectivity index (χ3n) is 2.39. The van der Waals surface area contributed by atoms with E-state index < -0.39 is 0 Å². The first-order valence-electron chi connectivity index (χ1n) is 5.43. The molecule has 94 valence electrons. The molecule has 0 radical (unpaired) electrons. The molecule has 1 unspecified atom stereocenters. The number of hydrogen-bond donors (Lipinski definition) is 1. The molecule has 0 amide bonds. The van der Waals surface area contributed by atoms with Crippen LogP contribution < -0.4 is 10.1 Å². The Labute approximate surface area is 101 Å². The molecule has 1 rings (SSSR count). The van der Waals surface area contributed by atoms with Crippen molar-refractivity contribution < 1.29 is 14.3 Å². The van der Waals surface area contributed by atoms with E-state index in [0.717, 1.165) is 5.69 Å². The summed E-state index contributed by atoms with van der Waals surface area (Å²) in [5.74, 6) is 0.347. The summed E-state index contributed by atoms with van der Waals surface area (Å²) >= 11 is 0. The Kier molecular flexibility index (Phi) is 4.75. The van der Waals surface area contributed by atoms with Crippen LogP contribution in [-0.4, -0.2) is 31.2 Å². The number of carbonyl (C=O) groups is 1. The molecule has 17 heavy (non-hydrogen) atoms. The lowest BCUT2D eigenvalue weighted by Gasteiger charge is -2.20. The Bertz CT molecular complexity index is 380. The number of ether oxygens (including phenoxy) is 2. The second kappa shape index (κ2) is 6.08. The highest BCUT2D eigenvalue weighted by Gasteiger charge is 2.22. The summed E-state index contributed by atoms with van der Waals surface area (Å²) in [4.78, 5) is 15.6. The number of aromatic nitrogens is 1. The van der Waals surface area contributed by atoms with Gasteiger partial charge in [-0.3, -0.25) is 0 Å². The third kappa shape index (κ3) is 3.62. The van der Waals surface area contributed by atoms with Gasteiger partial charge in [0.15, 0.2) is 0 Å². The van der Waals surface area contributed by atoms with Crippen LogP contribution in [0.1, 0.15) is 13.8 Å². The number of nitrogens with zero attached hydrogens (tertiary/aromatic N) is 1. The summed E-state index contributed by atoms with van der Waals surface area (Å²) in [6.45, 7) is 3.90. The van der Waals surface area contributed by atoms with E-state index in [1.165, 1.54) is 7.11 Å². The predicted octanol–water partition coefficient (Wildman–Crippen LogP) is 1.70. The van der Waals surface area contributed by atoms with Crippen LogP contribution in [0.5, 0.6) is 5.88 Å². The second-order valence-corrected chi connectivity index (χ2v) is 3.98. The minimum absolute atomic E-state index is 0.126. The molecule has 0 spiro atoms. The fourth-order valence-electron chi connectivity index (χ4n) is 1.42. The fourth-order valence-corrected chi connectivity index (χ4v) is 1.42. The predicted molar refractivity (Wildman–Crippen MR) is 65.1 cm³/mol. The number of carbonyl (C=O) groups excluding carboxylic acids is 1. The molecule has 5 nitrogen and oxygen atoms in total. The first-order chi connectivity index (χ1) is 8.08. The average molecular weight is 238 g/mol. The average Bonchev–Trinajstić information content (AvgIpc) is 2.35. The third-order valence-corrected chi connectivity index (χ3v) is 2.39. The second-order valence-electron chi connectivity index (χ2n) is 3.98. The van der Waals surface area contributed by atoms with Crippen LogP contribution in [0.3, 0.4) is 0 Å². The van der Waals surface area contributed by atoms with Crippen LogP contribution in [-0.2, 0) is 9.53 Å². The highest BCUT2D eigenvalue weighted by molar-refractivity contribution is 5.79. The van der Waals surface area contributed by atoms with Gasteiger partial charge in [-0.05, 0) is 12.0 Å². The van der Waals surface area contributed by atoms with Crippen molar-refractivity contribution in [2.75, 3.05) is 19.5 Å². The largest absolute Gasteiger partial charge is 0.481 e. The maximum absolute atomic E-state index is 11.6. The molecule has 5 heteroatoms. The van der Waals surface area contributed by atoms with Crippen molar-refractivity contribution in [3.05, 3.63) is 18.3 Å². The van der Waals surface area contributed by atoms with Gasteiger partial charge in [-0.25, -0.2) is 9.78 Å². The number of rotatable bonds is 5. The molecule has 0 aliphatic rings. The summed E-state index contributed by atoms with van der Waals surface area (Å²) in [6.07, 6.45) is 1.62. The van der Waals surface area contributed by atoms with Crippen LogP contribution >= 0.6 is 0 Å². The first kappa shape index (κ1) is 13.3. The molecule has 1 N–H and O–H groups in total. The van der Waals surface area contributed by atoms with Crippen molar-refractivity contribution >= 4 is 11.7 Å². The molecular weight excluding hydrogens is 220 g/mol. The summed E-state index contributed by atoms with van der Waals surface area (Å²) in [5.41, 5.74) is 0.779. The molecule has 1 heterocycles. The van der Waals surface area contributed by atoms with E-state index in [-0.39, 0.29) is 17.9 Å². The van der Waals surface area contributed by atoms with Crippen LogP contribution in [0.25, 0.3) is 0 Å². The Balaban J connectivity index is 2.82. The molecule has 0 saturated heterocycles. The number of nitrogens with one attached hydrogen (secondary N) is 1. The zero-order valence-corrected chi connectivity index (χ0v) is 10.6. The van der Waals surface area contributed by atoms with Gasteiger partial charge in [-0.2, -0.15) is 0 Å². The Morgan fingerprint density at radius 1 is 1.41 bits per heavy atom. The fraction of sp³-hybridized carbons (Fsp3) is 0.500. The Morgan fingerprint density at radius 3 is 2.65 bits per heavy atom. The summed E-state index contributed by atoms with van der Waals surface area (Å²) in [5, 5.41) is 3.11. The zero-order valence-electron chi connectivity index (χ0n) is 10.6. The number of esters is 1. The van der Waals surface area contributed by atoms with E-state index in [1.807, 2.05) is 13.8 Å². The van der Waals surface area contributed by atoms with Crippen molar-refractivity contribution in [2.45, 2.75) is 19.9 Å².